The van der Waals surface area contributed by atoms with Gasteiger partial charge in [0.05, 0.1) is 0 Å². The van der Waals surface area contributed by atoms with Gasteiger partial charge in [-0.1, -0.05) is 35.9 Å². The van der Waals surface area contributed by atoms with E-state index in [1.165, 1.54) is 0 Å². The number of β-amino-alcohol motifs (C(OH)–C–C–N with tert-alkyl or cyclic N) is 1. The predicted octanol–water partition coefficient (Wildman–Crippen LogP) is 1.28. The molecule has 1 saturated heterocycles. The second-order valence-electron chi connectivity index (χ2n) is 4.83. The molecule has 4 nitrogen and oxygen atoms in total. The Morgan fingerprint density at radius 3 is 2.74 bits per heavy atom. The van der Waals surface area contributed by atoms with Crippen molar-refractivity contribution >= 4 is 23.6 Å². The zero-order valence-electron chi connectivity index (χ0n) is 10.6. The minimum absolute atomic E-state index is 0.299. The zero-order valence-corrected chi connectivity index (χ0v) is 11.3. The predicted molar refractivity (Wildman–Crippen MR) is 75.7 cm³/mol. The highest BCUT2D eigenvalue weighted by atomic mass is 35.5. The van der Waals surface area contributed by atoms with Crippen LogP contribution in [0.25, 0.3) is 6.08 Å². The largest absolute Gasteiger partial charge is 0.379 e. The SMILES string of the molecule is NC(=O)C1(O)CCN(C/C=C/c2ccc(Cl)cc2)C1. The Labute approximate surface area is 117 Å². The highest BCUT2D eigenvalue weighted by Gasteiger charge is 2.40. The molecule has 1 aliphatic rings. The molecule has 1 heterocycles. The minimum Gasteiger partial charge on any atom is -0.379 e. The topological polar surface area (TPSA) is 66.6 Å². The van der Waals surface area contributed by atoms with Gasteiger partial charge in [0, 0.05) is 24.7 Å². The van der Waals surface area contributed by atoms with Gasteiger partial charge in [0.15, 0.2) is 5.60 Å². The van der Waals surface area contributed by atoms with Gasteiger partial charge in [-0.2, -0.15) is 0 Å². The smallest absolute Gasteiger partial charge is 0.250 e. The summed E-state index contributed by atoms with van der Waals surface area (Å²) in [5.41, 5.74) is 4.88. The maximum Gasteiger partial charge on any atom is 0.250 e. The molecule has 1 aromatic carbocycles. The second-order valence-corrected chi connectivity index (χ2v) is 5.27. The number of nitrogens with zero attached hydrogens (tertiary/aromatic N) is 1. The van der Waals surface area contributed by atoms with E-state index < -0.39 is 11.5 Å². The summed E-state index contributed by atoms with van der Waals surface area (Å²) < 4.78 is 0. The summed E-state index contributed by atoms with van der Waals surface area (Å²) in [6, 6.07) is 7.54. The number of likely N-dealkylation sites (tertiary alicyclic amines) is 1. The average Bonchev–Trinajstić information content (AvgIpc) is 2.75. The van der Waals surface area contributed by atoms with Gasteiger partial charge in [0.2, 0.25) is 0 Å². The van der Waals surface area contributed by atoms with Crippen molar-refractivity contribution in [3.63, 3.8) is 0 Å². The summed E-state index contributed by atoms with van der Waals surface area (Å²) in [4.78, 5) is 13.1. The highest BCUT2D eigenvalue weighted by molar-refractivity contribution is 6.30. The van der Waals surface area contributed by atoms with Crippen molar-refractivity contribution in [3.8, 4) is 0 Å². The van der Waals surface area contributed by atoms with E-state index in [0.29, 0.717) is 31.1 Å². The van der Waals surface area contributed by atoms with Crippen molar-refractivity contribution in [1.29, 1.82) is 0 Å². The van der Waals surface area contributed by atoms with E-state index in [2.05, 4.69) is 0 Å². The fourth-order valence-electron chi connectivity index (χ4n) is 2.14. The molecule has 3 N–H and O–H groups in total. The van der Waals surface area contributed by atoms with E-state index in [9.17, 15) is 9.90 Å². The van der Waals surface area contributed by atoms with E-state index in [1.807, 2.05) is 41.3 Å². The standard InChI is InChI=1S/C14H17ClN2O2/c15-12-5-3-11(4-6-12)2-1-8-17-9-7-14(19,10-17)13(16)18/h1-6,19H,7-10H2,(H2,16,18)/b2-1+. The Hall–Kier alpha value is -1.36. The summed E-state index contributed by atoms with van der Waals surface area (Å²) in [5.74, 6) is -0.642. The maximum atomic E-state index is 11.1. The molecular formula is C14H17ClN2O2. The minimum atomic E-state index is -1.37. The van der Waals surface area contributed by atoms with Gasteiger partial charge in [-0.25, -0.2) is 0 Å². The lowest BCUT2D eigenvalue weighted by atomic mass is 10.0. The van der Waals surface area contributed by atoms with Gasteiger partial charge in [0.1, 0.15) is 0 Å². The zero-order chi connectivity index (χ0) is 13.9. The summed E-state index contributed by atoms with van der Waals surface area (Å²) >= 11 is 5.81. The lowest BCUT2D eigenvalue weighted by Gasteiger charge is -2.18. The third-order valence-corrected chi connectivity index (χ3v) is 3.58. The number of aliphatic hydroxyl groups is 1. The Balaban J connectivity index is 1.87. The van der Waals surface area contributed by atoms with Gasteiger partial charge < -0.3 is 10.8 Å². The molecule has 0 radical (unpaired) electrons. The first kappa shape index (κ1) is 14.1. The van der Waals surface area contributed by atoms with E-state index in [1.54, 1.807) is 0 Å². The molecule has 1 atom stereocenters. The normalized spacial score (nSPS) is 24.1. The van der Waals surface area contributed by atoms with Crippen LogP contribution in [-0.2, 0) is 4.79 Å². The van der Waals surface area contributed by atoms with Crippen LogP contribution >= 0.6 is 11.6 Å². The first-order valence-electron chi connectivity index (χ1n) is 6.16. The molecule has 102 valence electrons. The first-order valence-corrected chi connectivity index (χ1v) is 6.54. The number of nitrogens with two attached hydrogens (primary N) is 1. The fourth-order valence-corrected chi connectivity index (χ4v) is 2.27. The molecule has 1 aromatic rings. The lowest BCUT2D eigenvalue weighted by molar-refractivity contribution is -0.134. The van der Waals surface area contributed by atoms with Crippen LogP contribution in [0.1, 0.15) is 12.0 Å². The quantitative estimate of drug-likeness (QED) is 0.873. The van der Waals surface area contributed by atoms with Crippen molar-refractivity contribution in [3.05, 3.63) is 40.9 Å². The molecule has 1 amide bonds. The number of hydrogen-bond donors (Lipinski definition) is 2. The molecule has 0 aromatic heterocycles. The summed E-state index contributed by atoms with van der Waals surface area (Å²) in [6.07, 6.45) is 4.38. The van der Waals surface area contributed by atoms with Crippen LogP contribution in [0.3, 0.4) is 0 Å². The van der Waals surface area contributed by atoms with Crippen molar-refractivity contribution in [2.45, 2.75) is 12.0 Å². The molecule has 1 fully saturated rings. The summed E-state index contributed by atoms with van der Waals surface area (Å²) in [5, 5.41) is 10.6. The van der Waals surface area contributed by atoms with E-state index in [4.69, 9.17) is 17.3 Å². The molecule has 2 rings (SSSR count). The number of carbonyl (C=O) groups excluding carboxylic acids is 1. The van der Waals surface area contributed by atoms with Gasteiger partial charge in [-0.15, -0.1) is 0 Å². The molecule has 0 saturated carbocycles. The Bertz CT molecular complexity index is 487. The summed E-state index contributed by atoms with van der Waals surface area (Å²) in [7, 11) is 0. The molecule has 5 heteroatoms. The highest BCUT2D eigenvalue weighted by Crippen LogP contribution is 2.20. The van der Waals surface area contributed by atoms with Crippen LogP contribution in [0.5, 0.6) is 0 Å². The number of rotatable bonds is 4. The van der Waals surface area contributed by atoms with Crippen LogP contribution in [0, 0.1) is 0 Å². The third kappa shape index (κ3) is 3.56. The van der Waals surface area contributed by atoms with Crippen LogP contribution in [0.4, 0.5) is 0 Å². The maximum absolute atomic E-state index is 11.1. The van der Waals surface area contributed by atoms with Crippen molar-refractivity contribution in [2.75, 3.05) is 19.6 Å². The first-order chi connectivity index (χ1) is 8.99. The molecule has 0 bridgehead atoms. The Morgan fingerprint density at radius 1 is 1.47 bits per heavy atom. The number of primary amides is 1. The van der Waals surface area contributed by atoms with Gasteiger partial charge in [0.25, 0.3) is 5.91 Å². The third-order valence-electron chi connectivity index (χ3n) is 3.33. The van der Waals surface area contributed by atoms with E-state index >= 15 is 0 Å². The lowest BCUT2D eigenvalue weighted by Crippen LogP contribution is -2.46. The van der Waals surface area contributed by atoms with Crippen LogP contribution in [0.15, 0.2) is 30.3 Å². The average molecular weight is 281 g/mol. The van der Waals surface area contributed by atoms with Crippen LogP contribution < -0.4 is 5.73 Å². The van der Waals surface area contributed by atoms with E-state index in [-0.39, 0.29) is 0 Å². The number of benzene rings is 1. The van der Waals surface area contributed by atoms with Crippen molar-refractivity contribution in [2.24, 2.45) is 5.73 Å². The van der Waals surface area contributed by atoms with Gasteiger partial charge >= 0.3 is 0 Å². The molecule has 1 unspecified atom stereocenters. The monoisotopic (exact) mass is 280 g/mol. The fraction of sp³-hybridized carbons (Fsp3) is 0.357. The van der Waals surface area contributed by atoms with Gasteiger partial charge in [-0.05, 0) is 24.1 Å². The molecule has 0 spiro atoms. The Kier molecular flexibility index (Phi) is 4.24. The van der Waals surface area contributed by atoms with Crippen molar-refractivity contribution < 1.29 is 9.90 Å². The number of halogens is 1. The van der Waals surface area contributed by atoms with Crippen LogP contribution in [-0.4, -0.2) is 41.1 Å². The molecule has 1 aliphatic heterocycles. The Morgan fingerprint density at radius 2 is 2.16 bits per heavy atom. The number of carbonyl (C=O) groups is 1. The molecule has 0 aliphatic carbocycles. The van der Waals surface area contributed by atoms with E-state index in [0.717, 1.165) is 5.56 Å². The molecular weight excluding hydrogens is 264 g/mol. The summed E-state index contributed by atoms with van der Waals surface area (Å²) in [6.45, 7) is 1.65. The second kappa shape index (κ2) is 5.74. The number of amides is 1. The van der Waals surface area contributed by atoms with Crippen molar-refractivity contribution in [1.82, 2.24) is 4.90 Å². The number of hydrogen-bond acceptors (Lipinski definition) is 3. The molecule has 19 heavy (non-hydrogen) atoms. The van der Waals surface area contributed by atoms with Gasteiger partial charge in [-0.3, -0.25) is 9.69 Å². The van der Waals surface area contributed by atoms with Crippen LogP contribution in [0.2, 0.25) is 5.02 Å².